The first-order chi connectivity index (χ1) is 7.75. The van der Waals surface area contributed by atoms with Crippen LogP contribution in [0.25, 0.3) is 0 Å². The minimum absolute atomic E-state index is 0. The zero-order valence-electron chi connectivity index (χ0n) is 9.43. The molecule has 92 valence electrons. The summed E-state index contributed by atoms with van der Waals surface area (Å²) in [7, 11) is 0. The van der Waals surface area contributed by atoms with E-state index in [-0.39, 0.29) is 24.2 Å². The fourth-order valence-corrected chi connectivity index (χ4v) is 2.92. The van der Waals surface area contributed by atoms with Gasteiger partial charge in [-0.25, -0.2) is 4.98 Å². The van der Waals surface area contributed by atoms with Crippen LogP contribution in [0.5, 0.6) is 0 Å². The van der Waals surface area contributed by atoms with Gasteiger partial charge in [-0.05, 0) is 36.8 Å². The molecule has 2 saturated carbocycles. The molecule has 0 radical (unpaired) electrons. The first-order valence-corrected chi connectivity index (χ1v) is 5.78. The Morgan fingerprint density at radius 1 is 1.35 bits per heavy atom. The number of aromatic nitrogens is 1. The molecule has 0 aliphatic heterocycles. The van der Waals surface area contributed by atoms with Crippen LogP contribution < -0.4 is 11.1 Å². The second-order valence-electron chi connectivity index (χ2n) is 4.75. The van der Waals surface area contributed by atoms with Crippen LogP contribution in [-0.4, -0.2) is 10.9 Å². The number of amides is 1. The SMILES string of the molecule is Cl.Nc1ccc(NC(=O)C2C3CCCC32)cn1. The summed E-state index contributed by atoms with van der Waals surface area (Å²) in [5, 5.41) is 2.90. The van der Waals surface area contributed by atoms with Crippen molar-refractivity contribution in [3.8, 4) is 0 Å². The third kappa shape index (κ3) is 2.22. The molecule has 17 heavy (non-hydrogen) atoms. The summed E-state index contributed by atoms with van der Waals surface area (Å²) >= 11 is 0. The highest BCUT2D eigenvalue weighted by atomic mass is 35.5. The van der Waals surface area contributed by atoms with Gasteiger partial charge in [0.15, 0.2) is 0 Å². The van der Waals surface area contributed by atoms with Crippen LogP contribution in [-0.2, 0) is 4.79 Å². The van der Waals surface area contributed by atoms with Gasteiger partial charge in [0.05, 0.1) is 11.9 Å². The Morgan fingerprint density at radius 2 is 2.06 bits per heavy atom. The Morgan fingerprint density at radius 3 is 2.65 bits per heavy atom. The fraction of sp³-hybridized carbons (Fsp3) is 0.500. The van der Waals surface area contributed by atoms with Gasteiger partial charge in [0.2, 0.25) is 5.91 Å². The Labute approximate surface area is 106 Å². The summed E-state index contributed by atoms with van der Waals surface area (Å²) in [5.41, 5.74) is 6.22. The lowest BCUT2D eigenvalue weighted by Crippen LogP contribution is -2.16. The number of hydrogen-bond donors (Lipinski definition) is 2. The molecular weight excluding hydrogens is 238 g/mol. The lowest BCUT2D eigenvalue weighted by atomic mass is 10.1. The molecule has 2 atom stereocenters. The van der Waals surface area contributed by atoms with Crippen LogP contribution in [0.15, 0.2) is 18.3 Å². The first kappa shape index (κ1) is 12.2. The molecule has 4 nitrogen and oxygen atoms in total. The maximum atomic E-state index is 11.9. The summed E-state index contributed by atoms with van der Waals surface area (Å²) in [6.07, 6.45) is 5.35. The number of anilines is 2. The normalized spacial score (nSPS) is 29.1. The molecule has 0 spiro atoms. The van der Waals surface area contributed by atoms with Gasteiger partial charge in [0, 0.05) is 5.92 Å². The predicted molar refractivity (Wildman–Crippen MR) is 68.8 cm³/mol. The fourth-order valence-electron chi connectivity index (χ4n) is 2.92. The molecule has 3 N–H and O–H groups in total. The van der Waals surface area contributed by atoms with E-state index in [0.29, 0.717) is 17.7 Å². The highest BCUT2D eigenvalue weighted by Gasteiger charge is 2.56. The van der Waals surface area contributed by atoms with Crippen molar-refractivity contribution in [3.05, 3.63) is 18.3 Å². The quantitative estimate of drug-likeness (QED) is 0.848. The van der Waals surface area contributed by atoms with E-state index in [1.165, 1.54) is 19.3 Å². The topological polar surface area (TPSA) is 68.0 Å². The molecule has 2 aliphatic carbocycles. The van der Waals surface area contributed by atoms with E-state index in [2.05, 4.69) is 10.3 Å². The van der Waals surface area contributed by atoms with Gasteiger partial charge in [-0.1, -0.05) is 6.42 Å². The third-order valence-electron chi connectivity index (χ3n) is 3.76. The molecule has 2 unspecified atom stereocenters. The van der Waals surface area contributed by atoms with Gasteiger partial charge in [0.25, 0.3) is 0 Å². The Balaban J connectivity index is 0.00000108. The lowest BCUT2D eigenvalue weighted by Gasteiger charge is -2.06. The summed E-state index contributed by atoms with van der Waals surface area (Å²) in [5.74, 6) is 2.19. The van der Waals surface area contributed by atoms with Crippen molar-refractivity contribution >= 4 is 29.8 Å². The lowest BCUT2D eigenvalue weighted by molar-refractivity contribution is -0.118. The van der Waals surface area contributed by atoms with Crippen molar-refractivity contribution in [3.63, 3.8) is 0 Å². The van der Waals surface area contributed by atoms with E-state index in [1.54, 1.807) is 18.3 Å². The van der Waals surface area contributed by atoms with E-state index < -0.39 is 0 Å². The summed E-state index contributed by atoms with van der Waals surface area (Å²) in [6, 6.07) is 3.49. The van der Waals surface area contributed by atoms with Gasteiger partial charge in [0.1, 0.15) is 5.82 Å². The third-order valence-corrected chi connectivity index (χ3v) is 3.76. The van der Waals surface area contributed by atoms with Crippen LogP contribution in [0.2, 0.25) is 0 Å². The van der Waals surface area contributed by atoms with Crippen molar-refractivity contribution in [2.45, 2.75) is 19.3 Å². The molecule has 1 amide bonds. The zero-order chi connectivity index (χ0) is 11.1. The zero-order valence-corrected chi connectivity index (χ0v) is 10.2. The maximum absolute atomic E-state index is 11.9. The van der Waals surface area contributed by atoms with Crippen molar-refractivity contribution in [2.24, 2.45) is 17.8 Å². The van der Waals surface area contributed by atoms with Gasteiger partial charge in [-0.2, -0.15) is 0 Å². The number of rotatable bonds is 2. The molecule has 1 aromatic heterocycles. The van der Waals surface area contributed by atoms with Crippen LogP contribution >= 0.6 is 12.4 Å². The molecule has 2 fully saturated rings. The average molecular weight is 254 g/mol. The molecule has 3 rings (SSSR count). The highest BCUT2D eigenvalue weighted by molar-refractivity contribution is 5.94. The van der Waals surface area contributed by atoms with Gasteiger partial charge < -0.3 is 11.1 Å². The van der Waals surface area contributed by atoms with E-state index in [1.807, 2.05) is 0 Å². The number of nitrogens with two attached hydrogens (primary N) is 1. The van der Waals surface area contributed by atoms with Crippen LogP contribution in [0.1, 0.15) is 19.3 Å². The highest BCUT2D eigenvalue weighted by Crippen LogP contribution is 2.57. The molecular formula is C12H16ClN3O. The van der Waals surface area contributed by atoms with Gasteiger partial charge in [-0.15, -0.1) is 12.4 Å². The second-order valence-corrected chi connectivity index (χ2v) is 4.75. The number of halogens is 1. The van der Waals surface area contributed by atoms with Crippen molar-refractivity contribution in [2.75, 3.05) is 11.1 Å². The Hall–Kier alpha value is -1.29. The van der Waals surface area contributed by atoms with E-state index >= 15 is 0 Å². The number of carbonyl (C=O) groups excluding carboxylic acids is 1. The van der Waals surface area contributed by atoms with Crippen molar-refractivity contribution in [1.82, 2.24) is 4.98 Å². The molecule has 0 saturated heterocycles. The smallest absolute Gasteiger partial charge is 0.228 e. The minimum Gasteiger partial charge on any atom is -0.384 e. The Kier molecular flexibility index (Phi) is 3.24. The van der Waals surface area contributed by atoms with Gasteiger partial charge >= 0.3 is 0 Å². The number of hydrogen-bond acceptors (Lipinski definition) is 3. The van der Waals surface area contributed by atoms with Gasteiger partial charge in [-0.3, -0.25) is 4.79 Å². The standard InChI is InChI=1S/C12H15N3O.ClH/c13-10-5-4-7(6-14-10)15-12(16)11-8-2-1-3-9(8)11;/h4-6,8-9,11H,1-3H2,(H2,13,14)(H,15,16);1H. The summed E-state index contributed by atoms with van der Waals surface area (Å²) < 4.78 is 0. The average Bonchev–Trinajstić information content (AvgIpc) is 2.76. The second kappa shape index (κ2) is 4.53. The van der Waals surface area contributed by atoms with Crippen LogP contribution in [0, 0.1) is 17.8 Å². The van der Waals surface area contributed by atoms with Crippen LogP contribution in [0.4, 0.5) is 11.5 Å². The largest absolute Gasteiger partial charge is 0.384 e. The first-order valence-electron chi connectivity index (χ1n) is 5.78. The summed E-state index contributed by atoms with van der Waals surface area (Å²) in [6.45, 7) is 0. The molecule has 5 heteroatoms. The number of fused-ring (bicyclic) bond motifs is 1. The minimum atomic E-state index is 0. The van der Waals surface area contributed by atoms with E-state index in [9.17, 15) is 4.79 Å². The maximum Gasteiger partial charge on any atom is 0.228 e. The molecule has 1 heterocycles. The number of pyridine rings is 1. The molecule has 0 bridgehead atoms. The van der Waals surface area contributed by atoms with Crippen molar-refractivity contribution < 1.29 is 4.79 Å². The monoisotopic (exact) mass is 253 g/mol. The van der Waals surface area contributed by atoms with E-state index in [0.717, 1.165) is 5.69 Å². The van der Waals surface area contributed by atoms with E-state index in [4.69, 9.17) is 5.73 Å². The number of nitrogens with one attached hydrogen (secondary N) is 1. The van der Waals surface area contributed by atoms with Crippen LogP contribution in [0.3, 0.4) is 0 Å². The molecule has 0 aromatic carbocycles. The Bertz CT molecular complexity index is 410. The number of carbonyl (C=O) groups is 1. The molecule has 2 aliphatic rings. The predicted octanol–water partition coefficient (Wildman–Crippen LogP) is 2.07. The van der Waals surface area contributed by atoms with Crippen molar-refractivity contribution in [1.29, 1.82) is 0 Å². The molecule has 1 aromatic rings. The number of nitrogen functional groups attached to an aromatic ring is 1. The number of nitrogens with zero attached hydrogens (tertiary/aromatic N) is 1. The summed E-state index contributed by atoms with van der Waals surface area (Å²) in [4.78, 5) is 15.9.